The molecule has 0 aromatic heterocycles. The third-order valence-corrected chi connectivity index (χ3v) is 11.5. The van der Waals surface area contributed by atoms with Crippen molar-refractivity contribution >= 4 is 5.91 Å². The van der Waals surface area contributed by atoms with Crippen molar-refractivity contribution in [3.63, 3.8) is 0 Å². The molecule has 1 amide bonds. The number of hydrogen-bond acceptors (Lipinski definition) is 3. The molecule has 0 aromatic carbocycles. The van der Waals surface area contributed by atoms with E-state index in [1.807, 2.05) is 6.08 Å². The van der Waals surface area contributed by atoms with Crippen molar-refractivity contribution in [2.45, 2.75) is 276 Å². The van der Waals surface area contributed by atoms with Gasteiger partial charge in [-0.25, -0.2) is 0 Å². The second-order valence-corrected chi connectivity index (χ2v) is 17.2. The number of amides is 1. The van der Waals surface area contributed by atoms with Gasteiger partial charge in [0, 0.05) is 6.42 Å². The van der Waals surface area contributed by atoms with Crippen LogP contribution in [0.25, 0.3) is 0 Å². The summed E-state index contributed by atoms with van der Waals surface area (Å²) in [7, 11) is 0. The molecule has 0 aliphatic heterocycles. The summed E-state index contributed by atoms with van der Waals surface area (Å²) < 4.78 is 0. The normalized spacial score (nSPS) is 13.3. The lowest BCUT2D eigenvalue weighted by Crippen LogP contribution is -2.45. The van der Waals surface area contributed by atoms with Crippen LogP contribution in [0.4, 0.5) is 0 Å². The number of hydrogen-bond donors (Lipinski definition) is 3. The first kappa shape index (κ1) is 55.4. The third-order valence-electron chi connectivity index (χ3n) is 11.5. The second kappa shape index (κ2) is 48.7. The van der Waals surface area contributed by atoms with Crippen LogP contribution in [0, 0.1) is 0 Å². The first-order chi connectivity index (χ1) is 28.2. The molecule has 57 heavy (non-hydrogen) atoms. The maximum atomic E-state index is 12.4. The number of nitrogens with one attached hydrogen (secondary N) is 1. The minimum atomic E-state index is -0.874. The Bertz CT molecular complexity index is 908. The number of aliphatic hydroxyl groups excluding tert-OH is 2. The fourth-order valence-electron chi connectivity index (χ4n) is 7.62. The average molecular weight is 798 g/mol. The van der Waals surface area contributed by atoms with Gasteiger partial charge in [0.25, 0.3) is 0 Å². The Morgan fingerprint density at radius 2 is 0.684 bits per heavy atom. The Morgan fingerprint density at radius 3 is 1.02 bits per heavy atom. The van der Waals surface area contributed by atoms with Gasteiger partial charge in [-0.2, -0.15) is 0 Å². The van der Waals surface area contributed by atoms with Crippen LogP contribution < -0.4 is 5.32 Å². The molecule has 0 heterocycles. The van der Waals surface area contributed by atoms with Crippen LogP contribution in [0.1, 0.15) is 264 Å². The van der Waals surface area contributed by atoms with Gasteiger partial charge in [-0.15, -0.1) is 0 Å². The molecule has 0 aromatic rings. The predicted molar refractivity (Wildman–Crippen MR) is 253 cm³/mol. The molecule has 0 aliphatic carbocycles. The molecule has 0 bridgehead atoms. The van der Waals surface area contributed by atoms with Gasteiger partial charge in [-0.05, 0) is 70.6 Å². The lowest BCUT2D eigenvalue weighted by Gasteiger charge is -2.19. The molecule has 3 N–H and O–H groups in total. The van der Waals surface area contributed by atoms with Crippen LogP contribution in [0.2, 0.25) is 0 Å². The van der Waals surface area contributed by atoms with Crippen LogP contribution in [-0.2, 0) is 4.79 Å². The summed E-state index contributed by atoms with van der Waals surface area (Å²) in [4.78, 5) is 12.4. The molecule has 0 fully saturated rings. The molecule has 0 spiro atoms. The molecule has 0 aliphatic rings. The fourth-order valence-corrected chi connectivity index (χ4v) is 7.62. The molecule has 2 atom stereocenters. The Hall–Kier alpha value is -1.65. The van der Waals surface area contributed by atoms with E-state index in [0.29, 0.717) is 6.42 Å². The largest absolute Gasteiger partial charge is 0.394 e. The predicted octanol–water partition coefficient (Wildman–Crippen LogP) is 16.3. The van der Waals surface area contributed by atoms with Gasteiger partial charge in [0.1, 0.15) is 0 Å². The summed E-state index contributed by atoms with van der Waals surface area (Å²) in [6.45, 7) is 4.30. The molecule has 0 rings (SSSR count). The highest BCUT2D eigenvalue weighted by molar-refractivity contribution is 5.76. The minimum Gasteiger partial charge on any atom is -0.394 e. The standard InChI is InChI=1S/C53H99NO3/c1-3-5-7-9-11-13-15-17-19-20-21-22-23-24-25-26-27-28-29-30-31-32-33-35-36-38-40-42-44-46-48-52(56)51(50-55)54-53(57)49-47-45-43-41-39-37-34-18-16-14-12-10-8-6-4-2/h18,32-34,38,40,46,48,51-52,55-56H,3-17,19-31,35-37,39,41-45,47,49-50H2,1-2H3,(H,54,57)/b33-32+,34-18-,40-38+,48-46+. The lowest BCUT2D eigenvalue weighted by atomic mass is 10.0. The van der Waals surface area contributed by atoms with Gasteiger partial charge in [-0.1, -0.05) is 236 Å². The van der Waals surface area contributed by atoms with Crippen molar-refractivity contribution in [3.05, 3.63) is 48.6 Å². The zero-order chi connectivity index (χ0) is 41.4. The molecule has 2 unspecified atom stereocenters. The van der Waals surface area contributed by atoms with E-state index < -0.39 is 12.1 Å². The maximum absolute atomic E-state index is 12.4. The number of rotatable bonds is 46. The first-order valence-corrected chi connectivity index (χ1v) is 25.4. The average Bonchev–Trinajstić information content (AvgIpc) is 3.22. The van der Waals surface area contributed by atoms with Crippen molar-refractivity contribution in [3.8, 4) is 0 Å². The van der Waals surface area contributed by atoms with Crippen molar-refractivity contribution in [1.29, 1.82) is 0 Å². The summed E-state index contributed by atoms with van der Waals surface area (Å²) in [5.74, 6) is -0.0862. The topological polar surface area (TPSA) is 69.6 Å². The smallest absolute Gasteiger partial charge is 0.220 e. The number of unbranched alkanes of at least 4 members (excludes halogenated alkanes) is 33. The molecular formula is C53H99NO3. The summed E-state index contributed by atoms with van der Waals surface area (Å²) in [5, 5.41) is 23.0. The molecule has 0 saturated heterocycles. The molecule has 334 valence electrons. The zero-order valence-corrected chi connectivity index (χ0v) is 38.4. The molecule has 0 radical (unpaired) electrons. The molecule has 4 heteroatoms. The van der Waals surface area contributed by atoms with Gasteiger partial charge >= 0.3 is 0 Å². The summed E-state index contributed by atoms with van der Waals surface area (Å²) in [6, 6.07) is -0.650. The second-order valence-electron chi connectivity index (χ2n) is 17.2. The van der Waals surface area contributed by atoms with Gasteiger partial charge < -0.3 is 15.5 Å². The number of allylic oxidation sites excluding steroid dienone is 7. The van der Waals surface area contributed by atoms with E-state index >= 15 is 0 Å². The third kappa shape index (κ3) is 45.3. The summed E-state index contributed by atoms with van der Waals surface area (Å²) >= 11 is 0. The highest BCUT2D eigenvalue weighted by atomic mass is 16.3. The molecule has 0 saturated carbocycles. The lowest BCUT2D eigenvalue weighted by molar-refractivity contribution is -0.123. The van der Waals surface area contributed by atoms with Gasteiger partial charge in [-0.3, -0.25) is 4.79 Å². The van der Waals surface area contributed by atoms with Crippen LogP contribution in [0.15, 0.2) is 48.6 Å². The van der Waals surface area contributed by atoms with E-state index in [-0.39, 0.29) is 12.5 Å². The highest BCUT2D eigenvalue weighted by Gasteiger charge is 2.17. The summed E-state index contributed by atoms with van der Waals surface area (Å²) in [6.07, 6.45) is 66.9. The SMILES string of the molecule is CCCCCCCC/C=C\CCCCCCCC(=O)NC(CO)C(O)/C=C/CC/C=C/CC/C=C/CCCCCCCCCCCCCCCCCCCCCC. The van der Waals surface area contributed by atoms with Crippen molar-refractivity contribution in [2.75, 3.05) is 6.61 Å². The van der Waals surface area contributed by atoms with Crippen LogP contribution >= 0.6 is 0 Å². The number of aliphatic hydroxyl groups is 2. The van der Waals surface area contributed by atoms with Crippen molar-refractivity contribution in [2.24, 2.45) is 0 Å². The Labute approximate surface area is 356 Å². The minimum absolute atomic E-state index is 0.0862. The van der Waals surface area contributed by atoms with Gasteiger partial charge in [0.05, 0.1) is 18.8 Å². The quantitative estimate of drug-likeness (QED) is 0.0424. The van der Waals surface area contributed by atoms with Gasteiger partial charge in [0.2, 0.25) is 5.91 Å². The monoisotopic (exact) mass is 798 g/mol. The van der Waals surface area contributed by atoms with E-state index in [1.165, 1.54) is 193 Å². The highest BCUT2D eigenvalue weighted by Crippen LogP contribution is 2.16. The molecular weight excluding hydrogens is 699 g/mol. The van der Waals surface area contributed by atoms with E-state index in [1.54, 1.807) is 6.08 Å². The Kier molecular flexibility index (Phi) is 47.3. The summed E-state index contributed by atoms with van der Waals surface area (Å²) in [5.41, 5.74) is 0. The number of carbonyl (C=O) groups excluding carboxylic acids is 1. The van der Waals surface area contributed by atoms with Crippen molar-refractivity contribution < 1.29 is 15.0 Å². The number of carbonyl (C=O) groups is 1. The van der Waals surface area contributed by atoms with Crippen LogP contribution in [0.5, 0.6) is 0 Å². The van der Waals surface area contributed by atoms with E-state index in [4.69, 9.17) is 0 Å². The zero-order valence-electron chi connectivity index (χ0n) is 38.4. The fraction of sp³-hybridized carbons (Fsp3) is 0.830. The van der Waals surface area contributed by atoms with E-state index in [0.717, 1.165) is 51.4 Å². The van der Waals surface area contributed by atoms with Gasteiger partial charge in [0.15, 0.2) is 0 Å². The first-order valence-electron chi connectivity index (χ1n) is 25.4. The van der Waals surface area contributed by atoms with Crippen LogP contribution in [-0.4, -0.2) is 34.9 Å². The molecule has 4 nitrogen and oxygen atoms in total. The Morgan fingerprint density at radius 1 is 0.404 bits per heavy atom. The van der Waals surface area contributed by atoms with E-state index in [2.05, 4.69) is 55.6 Å². The van der Waals surface area contributed by atoms with Crippen molar-refractivity contribution in [1.82, 2.24) is 5.32 Å². The maximum Gasteiger partial charge on any atom is 0.220 e. The Balaban J connectivity index is 3.57. The van der Waals surface area contributed by atoms with E-state index in [9.17, 15) is 15.0 Å². The van der Waals surface area contributed by atoms with Crippen LogP contribution in [0.3, 0.4) is 0 Å².